The van der Waals surface area contributed by atoms with Crippen molar-refractivity contribution in [2.24, 2.45) is 0 Å². The molecule has 0 saturated heterocycles. The summed E-state index contributed by atoms with van der Waals surface area (Å²) < 4.78 is 4.92. The van der Waals surface area contributed by atoms with Gasteiger partial charge in [-0.15, -0.1) is 0 Å². The van der Waals surface area contributed by atoms with Crippen molar-refractivity contribution in [3.63, 3.8) is 0 Å². The predicted molar refractivity (Wildman–Crippen MR) is 36.6 cm³/mol. The van der Waals surface area contributed by atoms with Gasteiger partial charge in [-0.25, -0.2) is 0 Å². The maximum absolute atomic E-state index is 4.92. The molecule has 0 aromatic heterocycles. The van der Waals surface area contributed by atoms with Crippen molar-refractivity contribution in [3.8, 4) is 0 Å². The monoisotopic (exact) mass is 110 g/mol. The molecule has 1 nitrogen and oxygen atoms in total. The zero-order valence-corrected chi connectivity index (χ0v) is 6.53. The summed E-state index contributed by atoms with van der Waals surface area (Å²) in [5.74, 6) is 0. The van der Waals surface area contributed by atoms with Gasteiger partial charge in [0.25, 0.3) is 0 Å². The summed E-state index contributed by atoms with van der Waals surface area (Å²) >= 11 is 0.903. The van der Waals surface area contributed by atoms with Crippen LogP contribution < -0.4 is 0 Å². The van der Waals surface area contributed by atoms with Gasteiger partial charge in [-0.05, 0) is 6.42 Å². The van der Waals surface area contributed by atoms with Crippen LogP contribution in [0.25, 0.3) is 0 Å². The number of unbranched alkanes of at least 4 members (excludes halogenated alkanes) is 1. The third-order valence-electron chi connectivity index (χ3n) is 0.702. The zero-order valence-electron chi connectivity index (χ0n) is 4.53. The Bertz CT molecular complexity index is 23.7. The topological polar surface area (TPSA) is 9.23 Å². The van der Waals surface area contributed by atoms with E-state index >= 15 is 0 Å². The number of hydrogen-bond donors (Lipinski definition) is 0. The Morgan fingerprint density at radius 3 is 2.29 bits per heavy atom. The van der Waals surface area contributed by atoms with E-state index in [0.717, 1.165) is 23.2 Å². The van der Waals surface area contributed by atoms with Crippen LogP contribution in [0.3, 0.4) is 0 Å². The van der Waals surface area contributed by atoms with Crippen molar-refractivity contribution in [2.45, 2.75) is 19.8 Å². The molecule has 0 amide bonds. The maximum atomic E-state index is 4.92. The summed E-state index contributed by atoms with van der Waals surface area (Å²) in [5.41, 5.74) is 0. The van der Waals surface area contributed by atoms with Crippen molar-refractivity contribution in [3.05, 3.63) is 0 Å². The van der Waals surface area contributed by atoms with Gasteiger partial charge in [0, 0.05) is 6.61 Å². The van der Waals surface area contributed by atoms with Crippen LogP contribution in [-0.4, -0.2) is 42.1 Å². The molecule has 0 aromatic rings. The molecular formula is C4H12AlLiO. The Balaban J connectivity index is 0. The molecular weight excluding hydrogens is 98.0 g/mol. The quantitative estimate of drug-likeness (QED) is 0.358. The van der Waals surface area contributed by atoms with Gasteiger partial charge in [-0.3, -0.25) is 0 Å². The van der Waals surface area contributed by atoms with Crippen LogP contribution in [0.2, 0.25) is 0 Å². The molecule has 0 atom stereocenters. The molecule has 0 saturated carbocycles. The Labute approximate surface area is 65.7 Å². The molecule has 0 heterocycles. The summed E-state index contributed by atoms with van der Waals surface area (Å²) in [6.45, 7) is 3.14. The SMILES string of the molecule is CCCC[O][AlH2].[LiH]. The zero-order chi connectivity index (χ0) is 4.83. The summed E-state index contributed by atoms with van der Waals surface area (Å²) in [7, 11) is 0. The van der Waals surface area contributed by atoms with Gasteiger partial charge in [0.15, 0.2) is 0 Å². The van der Waals surface area contributed by atoms with E-state index in [-0.39, 0.29) is 18.9 Å². The van der Waals surface area contributed by atoms with Gasteiger partial charge in [-0.1, -0.05) is 13.3 Å². The molecule has 3 heteroatoms. The van der Waals surface area contributed by atoms with Crippen LogP contribution in [0.4, 0.5) is 0 Å². The van der Waals surface area contributed by atoms with Gasteiger partial charge < -0.3 is 3.79 Å². The Morgan fingerprint density at radius 1 is 1.57 bits per heavy atom. The van der Waals surface area contributed by atoms with Crippen LogP contribution in [0.1, 0.15) is 19.8 Å². The second kappa shape index (κ2) is 10.1. The van der Waals surface area contributed by atoms with Gasteiger partial charge in [0.05, 0.1) is 0 Å². The number of hydrogen-bond acceptors (Lipinski definition) is 1. The van der Waals surface area contributed by atoms with Crippen LogP contribution in [-0.2, 0) is 3.79 Å². The van der Waals surface area contributed by atoms with Crippen molar-refractivity contribution >= 4 is 35.5 Å². The van der Waals surface area contributed by atoms with Crippen LogP contribution >= 0.6 is 0 Å². The van der Waals surface area contributed by atoms with Gasteiger partial charge in [-0.2, -0.15) is 0 Å². The second-order valence-electron chi connectivity index (χ2n) is 1.35. The Hall–Kier alpha value is 1.09. The molecule has 0 fully saturated rings. The van der Waals surface area contributed by atoms with Crippen LogP contribution in [0, 0.1) is 0 Å². The molecule has 0 aliphatic carbocycles. The molecule has 0 spiro atoms. The first-order valence-corrected chi connectivity index (χ1v) is 3.22. The first kappa shape index (κ1) is 11.0. The molecule has 0 aliphatic rings. The Kier molecular flexibility index (Phi) is 15.9. The molecule has 0 aromatic carbocycles. The van der Waals surface area contributed by atoms with Crippen molar-refractivity contribution in [1.82, 2.24) is 0 Å². The van der Waals surface area contributed by atoms with Crippen LogP contribution in [0.5, 0.6) is 0 Å². The first-order valence-electron chi connectivity index (χ1n) is 2.40. The minimum absolute atomic E-state index is 0. The van der Waals surface area contributed by atoms with Gasteiger partial charge in [0.2, 0.25) is 0 Å². The molecule has 0 bridgehead atoms. The summed E-state index contributed by atoms with van der Waals surface area (Å²) in [5, 5.41) is 0. The molecule has 0 rings (SSSR count). The van der Waals surface area contributed by atoms with E-state index in [9.17, 15) is 0 Å². The summed E-state index contributed by atoms with van der Waals surface area (Å²) in [6, 6.07) is 0. The molecule has 38 valence electrons. The van der Waals surface area contributed by atoms with E-state index in [2.05, 4.69) is 6.92 Å². The van der Waals surface area contributed by atoms with Gasteiger partial charge >= 0.3 is 35.5 Å². The summed E-state index contributed by atoms with van der Waals surface area (Å²) in [6.07, 6.45) is 2.48. The van der Waals surface area contributed by atoms with E-state index in [0.29, 0.717) is 0 Å². The Morgan fingerprint density at radius 2 is 2.14 bits per heavy atom. The van der Waals surface area contributed by atoms with Crippen molar-refractivity contribution in [2.75, 3.05) is 6.61 Å². The number of rotatable bonds is 3. The fourth-order valence-corrected chi connectivity index (χ4v) is 0.577. The molecule has 0 radical (unpaired) electrons. The van der Waals surface area contributed by atoms with E-state index < -0.39 is 0 Å². The molecule has 0 unspecified atom stereocenters. The average Bonchev–Trinajstić information content (AvgIpc) is 1.61. The third-order valence-corrected chi connectivity index (χ3v) is 1.11. The minimum atomic E-state index is 0. The van der Waals surface area contributed by atoms with E-state index in [1.807, 2.05) is 0 Å². The molecule has 0 aliphatic heterocycles. The fourth-order valence-electron chi connectivity index (χ4n) is 0.289. The molecule has 7 heavy (non-hydrogen) atoms. The second-order valence-corrected chi connectivity index (χ2v) is 1.92. The normalized spacial score (nSPS) is 7.57. The standard InChI is InChI=1S/C4H9O.Al.Li.3H/c1-2-3-4-5;;;;;/h2-4H2,1H3;;;;;/q-1;+1;;;;. The van der Waals surface area contributed by atoms with Crippen molar-refractivity contribution in [1.29, 1.82) is 0 Å². The van der Waals surface area contributed by atoms with Gasteiger partial charge in [0.1, 0.15) is 0 Å². The fraction of sp³-hybridized carbons (Fsp3) is 1.00. The molecule has 0 N–H and O–H groups in total. The summed E-state index contributed by atoms with van der Waals surface area (Å²) in [4.78, 5) is 0. The van der Waals surface area contributed by atoms with Crippen molar-refractivity contribution < 1.29 is 3.79 Å². The van der Waals surface area contributed by atoms with Crippen LogP contribution in [0.15, 0.2) is 0 Å². The van der Waals surface area contributed by atoms with E-state index in [4.69, 9.17) is 3.79 Å². The average molecular weight is 110 g/mol. The predicted octanol–water partition coefficient (Wildman–Crippen LogP) is -0.297. The van der Waals surface area contributed by atoms with E-state index in [1.54, 1.807) is 0 Å². The third kappa shape index (κ3) is 11.0. The van der Waals surface area contributed by atoms with E-state index in [1.165, 1.54) is 12.8 Å². The first-order chi connectivity index (χ1) is 2.91.